The second kappa shape index (κ2) is 6.46. The summed E-state index contributed by atoms with van der Waals surface area (Å²) in [4.78, 5) is 2.51. The highest BCUT2D eigenvalue weighted by molar-refractivity contribution is 6.30. The number of halogens is 1. The standard InChI is InChI=1S/C17H27ClN2/c1-13(15-5-7-16(18)8-6-15)14(2)20(4)12-17(3)9-10-19-11-17/h5-8,13-14,19H,9-12H2,1-4H3. The molecule has 1 heterocycles. The van der Waals surface area contributed by atoms with Gasteiger partial charge in [0.05, 0.1) is 0 Å². The molecule has 3 heteroatoms. The molecule has 2 rings (SSSR count). The Hall–Kier alpha value is -0.570. The van der Waals surface area contributed by atoms with Crippen LogP contribution in [0.3, 0.4) is 0 Å². The lowest BCUT2D eigenvalue weighted by molar-refractivity contribution is 0.154. The van der Waals surface area contributed by atoms with E-state index in [1.165, 1.54) is 12.0 Å². The Kier molecular flexibility index (Phi) is 5.11. The third-order valence-corrected chi connectivity index (χ3v) is 5.15. The predicted octanol–water partition coefficient (Wildman–Crippen LogP) is 3.76. The van der Waals surface area contributed by atoms with Crippen LogP contribution in [0.5, 0.6) is 0 Å². The molecule has 0 bridgehead atoms. The van der Waals surface area contributed by atoms with Crippen LogP contribution in [-0.4, -0.2) is 37.6 Å². The molecule has 3 unspecified atom stereocenters. The molecule has 20 heavy (non-hydrogen) atoms. The van der Waals surface area contributed by atoms with Crippen molar-refractivity contribution in [1.82, 2.24) is 10.2 Å². The van der Waals surface area contributed by atoms with Crippen LogP contribution in [0.25, 0.3) is 0 Å². The molecule has 1 fully saturated rings. The topological polar surface area (TPSA) is 15.3 Å². The Morgan fingerprint density at radius 3 is 2.50 bits per heavy atom. The maximum absolute atomic E-state index is 5.97. The minimum atomic E-state index is 0.419. The van der Waals surface area contributed by atoms with Gasteiger partial charge in [0.1, 0.15) is 0 Å². The van der Waals surface area contributed by atoms with Gasteiger partial charge in [-0.15, -0.1) is 0 Å². The molecule has 0 radical (unpaired) electrons. The van der Waals surface area contributed by atoms with Crippen LogP contribution in [0.15, 0.2) is 24.3 Å². The van der Waals surface area contributed by atoms with E-state index in [0.29, 0.717) is 17.4 Å². The van der Waals surface area contributed by atoms with Gasteiger partial charge in [0.15, 0.2) is 0 Å². The minimum Gasteiger partial charge on any atom is -0.316 e. The molecule has 1 saturated heterocycles. The Bertz CT molecular complexity index is 423. The van der Waals surface area contributed by atoms with E-state index in [0.717, 1.165) is 24.7 Å². The van der Waals surface area contributed by atoms with E-state index < -0.39 is 0 Å². The van der Waals surface area contributed by atoms with Crippen LogP contribution >= 0.6 is 11.6 Å². The number of benzene rings is 1. The summed E-state index contributed by atoms with van der Waals surface area (Å²) in [7, 11) is 2.25. The number of rotatable bonds is 5. The van der Waals surface area contributed by atoms with E-state index in [-0.39, 0.29) is 0 Å². The predicted molar refractivity (Wildman–Crippen MR) is 87.6 cm³/mol. The molecular weight excluding hydrogens is 268 g/mol. The van der Waals surface area contributed by atoms with Crippen molar-refractivity contribution < 1.29 is 0 Å². The fourth-order valence-electron chi connectivity index (χ4n) is 3.18. The summed E-state index contributed by atoms with van der Waals surface area (Å²) in [6.45, 7) is 10.5. The Morgan fingerprint density at radius 1 is 1.30 bits per heavy atom. The molecule has 112 valence electrons. The third kappa shape index (κ3) is 3.75. The van der Waals surface area contributed by atoms with Crippen LogP contribution in [0.4, 0.5) is 0 Å². The SMILES string of the molecule is CC(c1ccc(Cl)cc1)C(C)N(C)CC1(C)CCNC1. The highest BCUT2D eigenvalue weighted by atomic mass is 35.5. The van der Waals surface area contributed by atoms with Crippen LogP contribution in [0, 0.1) is 5.41 Å². The van der Waals surface area contributed by atoms with Crippen LogP contribution in [0.1, 0.15) is 38.7 Å². The zero-order chi connectivity index (χ0) is 14.8. The highest BCUT2D eigenvalue weighted by Gasteiger charge is 2.31. The first-order chi connectivity index (χ1) is 9.41. The molecule has 1 aromatic rings. The maximum atomic E-state index is 5.97. The smallest absolute Gasteiger partial charge is 0.0406 e. The second-order valence-electron chi connectivity index (χ2n) is 6.73. The number of likely N-dealkylation sites (N-methyl/N-ethyl adjacent to an activating group) is 1. The van der Waals surface area contributed by atoms with Gasteiger partial charge in [-0.1, -0.05) is 37.6 Å². The normalized spacial score (nSPS) is 25.9. The van der Waals surface area contributed by atoms with Crippen molar-refractivity contribution in [2.45, 2.75) is 39.2 Å². The van der Waals surface area contributed by atoms with Crippen molar-refractivity contribution in [2.75, 3.05) is 26.7 Å². The van der Waals surface area contributed by atoms with Gasteiger partial charge in [-0.2, -0.15) is 0 Å². The molecule has 3 atom stereocenters. The molecule has 2 nitrogen and oxygen atoms in total. The lowest BCUT2D eigenvalue weighted by Gasteiger charge is -2.36. The summed E-state index contributed by atoms with van der Waals surface area (Å²) in [5, 5.41) is 4.29. The van der Waals surface area contributed by atoms with Crippen LogP contribution in [0.2, 0.25) is 5.02 Å². The second-order valence-corrected chi connectivity index (χ2v) is 7.17. The summed E-state index contributed by atoms with van der Waals surface area (Å²) in [5.41, 5.74) is 1.78. The van der Waals surface area contributed by atoms with Gasteiger partial charge in [0.25, 0.3) is 0 Å². The summed E-state index contributed by atoms with van der Waals surface area (Å²) >= 11 is 5.97. The molecule has 0 aromatic heterocycles. The van der Waals surface area contributed by atoms with Gasteiger partial charge in [0.2, 0.25) is 0 Å². The fourth-order valence-corrected chi connectivity index (χ4v) is 3.30. The van der Waals surface area contributed by atoms with Crippen molar-refractivity contribution in [3.63, 3.8) is 0 Å². The van der Waals surface area contributed by atoms with Gasteiger partial charge >= 0.3 is 0 Å². The van der Waals surface area contributed by atoms with Gasteiger partial charge in [0, 0.05) is 24.2 Å². The molecule has 1 aliphatic heterocycles. The molecule has 1 aliphatic rings. The molecule has 1 aromatic carbocycles. The highest BCUT2D eigenvalue weighted by Crippen LogP contribution is 2.29. The van der Waals surface area contributed by atoms with Crippen molar-refractivity contribution in [3.8, 4) is 0 Å². The summed E-state index contributed by atoms with van der Waals surface area (Å²) in [6, 6.07) is 8.80. The van der Waals surface area contributed by atoms with Crippen LogP contribution < -0.4 is 5.32 Å². The maximum Gasteiger partial charge on any atom is 0.0406 e. The third-order valence-electron chi connectivity index (χ3n) is 4.90. The quantitative estimate of drug-likeness (QED) is 0.889. The lowest BCUT2D eigenvalue weighted by Crippen LogP contribution is -2.41. The van der Waals surface area contributed by atoms with Gasteiger partial charge in [-0.3, -0.25) is 0 Å². The average Bonchev–Trinajstić information content (AvgIpc) is 2.84. The Labute approximate surface area is 128 Å². The summed E-state index contributed by atoms with van der Waals surface area (Å²) in [6.07, 6.45) is 1.28. The van der Waals surface area contributed by atoms with E-state index in [4.69, 9.17) is 11.6 Å². The largest absolute Gasteiger partial charge is 0.316 e. The van der Waals surface area contributed by atoms with Crippen molar-refractivity contribution in [3.05, 3.63) is 34.9 Å². The van der Waals surface area contributed by atoms with Crippen molar-refractivity contribution in [1.29, 1.82) is 0 Å². The number of hydrogen-bond acceptors (Lipinski definition) is 2. The van der Waals surface area contributed by atoms with E-state index in [1.54, 1.807) is 0 Å². The summed E-state index contributed by atoms with van der Waals surface area (Å²) < 4.78 is 0. The first-order valence-electron chi connectivity index (χ1n) is 7.58. The molecule has 0 saturated carbocycles. The first-order valence-corrected chi connectivity index (χ1v) is 7.95. The van der Waals surface area contributed by atoms with Crippen LogP contribution in [-0.2, 0) is 0 Å². The van der Waals surface area contributed by atoms with Gasteiger partial charge in [-0.25, -0.2) is 0 Å². The van der Waals surface area contributed by atoms with Gasteiger partial charge < -0.3 is 10.2 Å². The summed E-state index contributed by atoms with van der Waals surface area (Å²) in [5.74, 6) is 0.509. The molecule has 0 spiro atoms. The van der Waals surface area contributed by atoms with E-state index in [9.17, 15) is 0 Å². The first kappa shape index (κ1) is 15.8. The Morgan fingerprint density at radius 2 is 1.95 bits per heavy atom. The Balaban J connectivity index is 1.98. The molecule has 1 N–H and O–H groups in total. The zero-order valence-corrected chi connectivity index (χ0v) is 13.9. The number of nitrogens with zero attached hydrogens (tertiary/aromatic N) is 1. The minimum absolute atomic E-state index is 0.419. The fraction of sp³-hybridized carbons (Fsp3) is 0.647. The monoisotopic (exact) mass is 294 g/mol. The number of nitrogens with one attached hydrogen (secondary N) is 1. The van der Waals surface area contributed by atoms with E-state index in [1.807, 2.05) is 12.1 Å². The number of hydrogen-bond donors (Lipinski definition) is 1. The lowest BCUT2D eigenvalue weighted by atomic mass is 9.87. The average molecular weight is 295 g/mol. The van der Waals surface area contributed by atoms with E-state index >= 15 is 0 Å². The molecule has 0 aliphatic carbocycles. The zero-order valence-electron chi connectivity index (χ0n) is 13.1. The van der Waals surface area contributed by atoms with Crippen molar-refractivity contribution >= 4 is 11.6 Å². The van der Waals surface area contributed by atoms with Gasteiger partial charge in [-0.05, 0) is 56.0 Å². The molecule has 0 amide bonds. The van der Waals surface area contributed by atoms with Crippen molar-refractivity contribution in [2.24, 2.45) is 5.41 Å². The molecular formula is C17H27ClN2. The van der Waals surface area contributed by atoms with E-state index in [2.05, 4.69) is 50.2 Å².